The third kappa shape index (κ3) is 2.96. The Labute approximate surface area is 85.3 Å². The lowest BCUT2D eigenvalue weighted by Crippen LogP contribution is -2.47. The molecular formula is C6H11O8P-2. The van der Waals surface area contributed by atoms with Gasteiger partial charge in [-0.1, -0.05) is 0 Å². The molecule has 0 bridgehead atoms. The molecule has 15 heavy (non-hydrogen) atoms. The van der Waals surface area contributed by atoms with E-state index >= 15 is 0 Å². The Morgan fingerprint density at radius 2 is 2.07 bits per heavy atom. The number of hydrogen-bond acceptors (Lipinski definition) is 8. The second-order valence-electron chi connectivity index (χ2n) is 3.32. The summed E-state index contributed by atoms with van der Waals surface area (Å²) in [5.41, 5.74) is 0. The van der Waals surface area contributed by atoms with Gasteiger partial charge >= 0.3 is 0 Å². The Kier molecular flexibility index (Phi) is 3.54. The average Bonchev–Trinajstić information content (AvgIpc) is 2.27. The molecule has 0 unspecified atom stereocenters. The van der Waals surface area contributed by atoms with Crippen LogP contribution in [0.2, 0.25) is 0 Å². The van der Waals surface area contributed by atoms with Crippen molar-refractivity contribution in [2.75, 3.05) is 6.61 Å². The van der Waals surface area contributed by atoms with Crippen molar-refractivity contribution < 1.29 is 38.9 Å². The van der Waals surface area contributed by atoms with Crippen molar-refractivity contribution in [3.8, 4) is 0 Å². The summed E-state index contributed by atoms with van der Waals surface area (Å²) in [6.07, 6.45) is -4.01. The molecule has 9 heteroatoms. The monoisotopic (exact) mass is 242 g/mol. The predicted molar refractivity (Wildman–Crippen MR) is 41.1 cm³/mol. The molecule has 0 aromatic heterocycles. The zero-order valence-electron chi connectivity index (χ0n) is 7.77. The number of aliphatic hydroxyl groups excluding tert-OH is 2. The molecule has 0 amide bonds. The molecular weight excluding hydrogens is 231 g/mol. The molecule has 4 atom stereocenters. The summed E-state index contributed by atoms with van der Waals surface area (Å²) in [6.45, 7) is 0.305. The van der Waals surface area contributed by atoms with Gasteiger partial charge in [0.15, 0.2) is 0 Å². The van der Waals surface area contributed by atoms with Crippen LogP contribution in [0.25, 0.3) is 0 Å². The molecule has 1 aliphatic rings. The van der Waals surface area contributed by atoms with Gasteiger partial charge in [-0.15, -0.1) is 0 Å². The predicted octanol–water partition coefficient (Wildman–Crippen LogP) is -3.34. The lowest BCUT2D eigenvalue weighted by Gasteiger charge is -2.33. The van der Waals surface area contributed by atoms with Crippen molar-refractivity contribution >= 4 is 7.82 Å². The van der Waals surface area contributed by atoms with Crippen molar-refractivity contribution in [1.82, 2.24) is 0 Å². The number of phosphoric acid groups is 1. The number of rotatable bonds is 3. The molecule has 1 rings (SSSR count). The van der Waals surface area contributed by atoms with E-state index in [1.807, 2.05) is 0 Å². The van der Waals surface area contributed by atoms with E-state index in [-0.39, 0.29) is 0 Å². The van der Waals surface area contributed by atoms with E-state index in [0.29, 0.717) is 0 Å². The van der Waals surface area contributed by atoms with Crippen molar-refractivity contribution in [2.24, 2.45) is 0 Å². The van der Waals surface area contributed by atoms with Crippen LogP contribution >= 0.6 is 7.82 Å². The van der Waals surface area contributed by atoms with Crippen LogP contribution in [0.4, 0.5) is 0 Å². The average molecular weight is 242 g/mol. The van der Waals surface area contributed by atoms with Gasteiger partial charge in [0.2, 0.25) is 5.79 Å². The van der Waals surface area contributed by atoms with Crippen LogP contribution in [-0.4, -0.2) is 46.0 Å². The second-order valence-corrected chi connectivity index (χ2v) is 4.48. The first kappa shape index (κ1) is 13.0. The van der Waals surface area contributed by atoms with Gasteiger partial charge in [0, 0.05) is 0 Å². The maximum Gasteiger partial charge on any atom is 0.219 e. The molecule has 0 aromatic rings. The minimum atomic E-state index is -5.26. The van der Waals surface area contributed by atoms with Gasteiger partial charge in [0.05, 0.1) is 13.9 Å². The Bertz CT molecular complexity index is 276. The molecule has 90 valence electrons. The Morgan fingerprint density at radius 3 is 2.40 bits per heavy atom. The van der Waals surface area contributed by atoms with E-state index in [4.69, 9.17) is 4.74 Å². The summed E-state index contributed by atoms with van der Waals surface area (Å²) in [4.78, 5) is 20.3. The van der Waals surface area contributed by atoms with E-state index in [2.05, 4.69) is 4.52 Å². The molecule has 1 saturated heterocycles. The number of ether oxygens (including phenoxy) is 1. The van der Waals surface area contributed by atoms with Gasteiger partial charge < -0.3 is 38.9 Å². The standard InChI is InChI=1S/C6H13O8P/c1-3-4(7)5(8)6(9,14-3)2-13-15(10,11)12/h3-5,7-9H,2H2,1H3,(H2,10,11,12)/p-2/t3-,4+,5+,6-/m0/s1. The van der Waals surface area contributed by atoms with Gasteiger partial charge in [-0.25, -0.2) is 0 Å². The molecule has 0 spiro atoms. The number of hydrogen-bond donors (Lipinski definition) is 3. The third-order valence-corrected chi connectivity index (χ3v) is 2.53. The van der Waals surface area contributed by atoms with Crippen molar-refractivity contribution in [3.63, 3.8) is 0 Å². The van der Waals surface area contributed by atoms with E-state index < -0.39 is 38.5 Å². The molecule has 1 fully saturated rings. The zero-order valence-corrected chi connectivity index (χ0v) is 8.66. The topological polar surface area (TPSA) is 142 Å². The fourth-order valence-electron chi connectivity index (χ4n) is 1.28. The highest BCUT2D eigenvalue weighted by molar-refractivity contribution is 7.43. The Morgan fingerprint density at radius 1 is 1.53 bits per heavy atom. The summed E-state index contributed by atoms with van der Waals surface area (Å²) in [5, 5.41) is 28.0. The summed E-state index contributed by atoms with van der Waals surface area (Å²) in [5.74, 6) is -2.39. The normalized spacial score (nSPS) is 42.1. The second kappa shape index (κ2) is 4.08. The smallest absolute Gasteiger partial charge is 0.219 e. The highest BCUT2D eigenvalue weighted by Crippen LogP contribution is 2.33. The van der Waals surface area contributed by atoms with Crippen LogP contribution in [-0.2, 0) is 13.8 Å². The van der Waals surface area contributed by atoms with Crippen LogP contribution in [0.5, 0.6) is 0 Å². The minimum Gasteiger partial charge on any atom is -0.790 e. The Balaban J connectivity index is 2.64. The van der Waals surface area contributed by atoms with E-state index in [0.717, 1.165) is 0 Å². The molecule has 0 aliphatic carbocycles. The molecule has 0 saturated carbocycles. The quantitative estimate of drug-likeness (QED) is 0.436. The SMILES string of the molecule is C[C@@H]1O[C@@](O)(COP(=O)([O-])[O-])[C@H](O)[C@@H]1O. The maximum absolute atomic E-state index is 10.1. The largest absolute Gasteiger partial charge is 0.790 e. The van der Waals surface area contributed by atoms with E-state index in [1.54, 1.807) is 0 Å². The molecule has 8 nitrogen and oxygen atoms in total. The first-order valence-corrected chi connectivity index (χ1v) is 5.55. The molecule has 1 aliphatic heterocycles. The Hall–Kier alpha value is -0.0500. The fraction of sp³-hybridized carbons (Fsp3) is 1.00. The lowest BCUT2D eigenvalue weighted by molar-refractivity contribution is -0.350. The third-order valence-electron chi connectivity index (χ3n) is 2.09. The summed E-state index contributed by atoms with van der Waals surface area (Å²) in [6, 6.07) is 0. The van der Waals surface area contributed by atoms with E-state index in [9.17, 15) is 29.7 Å². The van der Waals surface area contributed by atoms with Crippen LogP contribution < -0.4 is 9.79 Å². The zero-order chi connectivity index (χ0) is 11.9. The van der Waals surface area contributed by atoms with Gasteiger partial charge in [0.25, 0.3) is 0 Å². The molecule has 3 N–H and O–H groups in total. The van der Waals surface area contributed by atoms with Crippen molar-refractivity contribution in [3.05, 3.63) is 0 Å². The maximum atomic E-state index is 10.1. The lowest BCUT2D eigenvalue weighted by atomic mass is 10.1. The van der Waals surface area contributed by atoms with E-state index in [1.165, 1.54) is 6.92 Å². The molecule has 1 heterocycles. The van der Waals surface area contributed by atoms with Crippen molar-refractivity contribution in [1.29, 1.82) is 0 Å². The first-order valence-electron chi connectivity index (χ1n) is 4.09. The van der Waals surface area contributed by atoms with Crippen LogP contribution in [0, 0.1) is 0 Å². The van der Waals surface area contributed by atoms with Gasteiger partial charge in [0.1, 0.15) is 18.8 Å². The first-order chi connectivity index (χ1) is 6.66. The van der Waals surface area contributed by atoms with Gasteiger partial charge in [-0.2, -0.15) is 0 Å². The molecule has 0 radical (unpaired) electrons. The van der Waals surface area contributed by atoms with Crippen molar-refractivity contribution in [2.45, 2.75) is 31.0 Å². The minimum absolute atomic E-state index is 0.897. The number of phosphoric ester groups is 1. The summed E-state index contributed by atoms with van der Waals surface area (Å²) < 4.78 is 18.6. The summed E-state index contributed by atoms with van der Waals surface area (Å²) in [7, 11) is -5.26. The van der Waals surface area contributed by atoms with Crippen LogP contribution in [0.3, 0.4) is 0 Å². The highest BCUT2D eigenvalue weighted by atomic mass is 31.2. The van der Waals surface area contributed by atoms with Crippen LogP contribution in [0.1, 0.15) is 6.92 Å². The van der Waals surface area contributed by atoms with Gasteiger partial charge in [-0.3, -0.25) is 0 Å². The fourth-order valence-corrected chi connectivity index (χ4v) is 1.62. The highest BCUT2D eigenvalue weighted by Gasteiger charge is 2.52. The molecule has 0 aromatic carbocycles. The van der Waals surface area contributed by atoms with Crippen LogP contribution in [0.15, 0.2) is 0 Å². The number of aliphatic hydroxyl groups is 3. The summed E-state index contributed by atoms with van der Waals surface area (Å²) >= 11 is 0. The van der Waals surface area contributed by atoms with Gasteiger partial charge in [-0.05, 0) is 6.92 Å².